The third-order valence-corrected chi connectivity index (χ3v) is 4.26. The molecule has 0 aliphatic carbocycles. The molecule has 0 saturated carbocycles. The van der Waals surface area contributed by atoms with E-state index in [0.717, 1.165) is 31.9 Å². The Morgan fingerprint density at radius 1 is 1.08 bits per heavy atom. The van der Waals surface area contributed by atoms with Crippen molar-refractivity contribution in [1.82, 2.24) is 15.0 Å². The molecule has 0 atom stereocenters. The fourth-order valence-electron chi connectivity index (χ4n) is 3.00. The first-order valence-electron chi connectivity index (χ1n) is 8.26. The number of alkyl halides is 2. The van der Waals surface area contributed by atoms with E-state index in [1.165, 1.54) is 6.33 Å². The molecule has 1 aliphatic rings. The van der Waals surface area contributed by atoms with Gasteiger partial charge >= 0.3 is 0 Å². The standard InChI is InChI=1S/C17H17F2N5O2/c18-15(19)10-26-16-13-9-12(1-2-14(13)21-11-22-16)23-4-6-24(7-5-23)17-20-3-8-25-17/h1-3,8-9,11,15H,4-7,10H2. The number of anilines is 2. The van der Waals surface area contributed by atoms with E-state index in [4.69, 9.17) is 9.15 Å². The number of hydrogen-bond donors (Lipinski definition) is 0. The van der Waals surface area contributed by atoms with Gasteiger partial charge in [0.15, 0.2) is 6.61 Å². The van der Waals surface area contributed by atoms with Gasteiger partial charge in [0.05, 0.1) is 17.1 Å². The first kappa shape index (κ1) is 16.5. The van der Waals surface area contributed by atoms with Crippen LogP contribution in [0.25, 0.3) is 10.9 Å². The highest BCUT2D eigenvalue weighted by atomic mass is 19.3. The van der Waals surface area contributed by atoms with E-state index in [9.17, 15) is 8.78 Å². The summed E-state index contributed by atoms with van der Waals surface area (Å²) in [6.45, 7) is 2.44. The van der Waals surface area contributed by atoms with Crippen molar-refractivity contribution in [3.63, 3.8) is 0 Å². The summed E-state index contributed by atoms with van der Waals surface area (Å²) in [7, 11) is 0. The van der Waals surface area contributed by atoms with E-state index in [1.807, 2.05) is 18.2 Å². The van der Waals surface area contributed by atoms with Crippen molar-refractivity contribution in [2.75, 3.05) is 42.6 Å². The number of piperazine rings is 1. The van der Waals surface area contributed by atoms with Crippen LogP contribution in [0.1, 0.15) is 0 Å². The summed E-state index contributed by atoms with van der Waals surface area (Å²) < 4.78 is 35.4. The molecule has 7 nitrogen and oxygen atoms in total. The quantitative estimate of drug-likeness (QED) is 0.692. The van der Waals surface area contributed by atoms with Crippen LogP contribution in [0, 0.1) is 0 Å². The Labute approximate surface area is 148 Å². The van der Waals surface area contributed by atoms with Crippen LogP contribution in [0.2, 0.25) is 0 Å². The second kappa shape index (κ2) is 7.11. The molecular weight excluding hydrogens is 344 g/mol. The summed E-state index contributed by atoms with van der Waals surface area (Å²) in [5.41, 5.74) is 1.63. The van der Waals surface area contributed by atoms with Crippen LogP contribution in [0.4, 0.5) is 20.5 Å². The fraction of sp³-hybridized carbons (Fsp3) is 0.353. The maximum atomic E-state index is 12.4. The van der Waals surface area contributed by atoms with E-state index in [1.54, 1.807) is 12.5 Å². The largest absolute Gasteiger partial charge is 0.471 e. The van der Waals surface area contributed by atoms with Crippen LogP contribution < -0.4 is 14.5 Å². The highest BCUT2D eigenvalue weighted by molar-refractivity contribution is 5.86. The van der Waals surface area contributed by atoms with Gasteiger partial charge in [-0.1, -0.05) is 0 Å². The molecular formula is C17H17F2N5O2. The molecule has 136 valence electrons. The molecule has 2 aromatic heterocycles. The zero-order valence-corrected chi connectivity index (χ0v) is 13.9. The highest BCUT2D eigenvalue weighted by Gasteiger charge is 2.20. The number of aromatic nitrogens is 3. The lowest BCUT2D eigenvalue weighted by molar-refractivity contribution is 0.0804. The minimum atomic E-state index is -2.55. The SMILES string of the molecule is FC(F)COc1ncnc2ccc(N3CCN(c4ncco4)CC3)cc12. The van der Waals surface area contributed by atoms with Crippen LogP contribution in [0.5, 0.6) is 5.88 Å². The Kier molecular flexibility index (Phi) is 4.51. The molecule has 1 fully saturated rings. The van der Waals surface area contributed by atoms with Crippen molar-refractivity contribution >= 4 is 22.6 Å². The number of hydrogen-bond acceptors (Lipinski definition) is 7. The zero-order chi connectivity index (χ0) is 17.9. The average molecular weight is 361 g/mol. The Hall–Kier alpha value is -2.97. The minimum Gasteiger partial charge on any atom is -0.471 e. The van der Waals surface area contributed by atoms with Crippen LogP contribution in [0.15, 0.2) is 41.4 Å². The number of rotatable bonds is 5. The van der Waals surface area contributed by atoms with Gasteiger partial charge in [-0.3, -0.25) is 0 Å². The van der Waals surface area contributed by atoms with E-state index < -0.39 is 13.0 Å². The first-order chi connectivity index (χ1) is 12.7. The molecule has 1 aromatic carbocycles. The lowest BCUT2D eigenvalue weighted by Crippen LogP contribution is -2.46. The monoisotopic (exact) mass is 361 g/mol. The molecule has 3 heterocycles. The van der Waals surface area contributed by atoms with Gasteiger partial charge in [-0.25, -0.2) is 23.7 Å². The maximum Gasteiger partial charge on any atom is 0.297 e. The van der Waals surface area contributed by atoms with E-state index in [0.29, 0.717) is 16.9 Å². The Morgan fingerprint density at radius 2 is 1.88 bits per heavy atom. The molecule has 0 amide bonds. The van der Waals surface area contributed by atoms with Gasteiger partial charge in [0.25, 0.3) is 12.4 Å². The first-order valence-corrected chi connectivity index (χ1v) is 8.26. The molecule has 4 rings (SSSR count). The van der Waals surface area contributed by atoms with Gasteiger partial charge < -0.3 is 19.0 Å². The fourth-order valence-corrected chi connectivity index (χ4v) is 3.00. The summed E-state index contributed by atoms with van der Waals surface area (Å²) in [6, 6.07) is 6.32. The zero-order valence-electron chi connectivity index (χ0n) is 13.9. The smallest absolute Gasteiger partial charge is 0.297 e. The lowest BCUT2D eigenvalue weighted by atomic mass is 10.2. The van der Waals surface area contributed by atoms with Crippen molar-refractivity contribution in [1.29, 1.82) is 0 Å². The summed E-state index contributed by atoms with van der Waals surface area (Å²) >= 11 is 0. The summed E-state index contributed by atoms with van der Waals surface area (Å²) in [5.74, 6) is 0.176. The molecule has 1 saturated heterocycles. The van der Waals surface area contributed by atoms with Crippen LogP contribution in [-0.2, 0) is 0 Å². The molecule has 0 bridgehead atoms. The van der Waals surface area contributed by atoms with Crippen molar-refractivity contribution in [3.8, 4) is 5.88 Å². The van der Waals surface area contributed by atoms with Gasteiger partial charge in [-0.15, -0.1) is 0 Å². The third kappa shape index (κ3) is 3.37. The van der Waals surface area contributed by atoms with Crippen LogP contribution in [-0.4, -0.2) is 54.2 Å². The summed E-state index contributed by atoms with van der Waals surface area (Å²) in [4.78, 5) is 16.6. The van der Waals surface area contributed by atoms with Crippen LogP contribution >= 0.6 is 0 Å². The molecule has 0 spiro atoms. The second-order valence-electron chi connectivity index (χ2n) is 5.87. The average Bonchev–Trinajstić information content (AvgIpc) is 3.21. The number of benzene rings is 1. The molecule has 1 aliphatic heterocycles. The Balaban J connectivity index is 1.53. The molecule has 9 heteroatoms. The number of ether oxygens (including phenoxy) is 1. The molecule has 3 aromatic rings. The van der Waals surface area contributed by atoms with Crippen molar-refractivity contribution in [2.24, 2.45) is 0 Å². The molecule has 0 radical (unpaired) electrons. The van der Waals surface area contributed by atoms with Crippen LogP contribution in [0.3, 0.4) is 0 Å². The lowest BCUT2D eigenvalue weighted by Gasteiger charge is -2.35. The van der Waals surface area contributed by atoms with Gasteiger partial charge in [-0.2, -0.15) is 0 Å². The van der Waals surface area contributed by atoms with E-state index in [2.05, 4.69) is 24.8 Å². The Bertz CT molecular complexity index is 867. The molecule has 26 heavy (non-hydrogen) atoms. The van der Waals surface area contributed by atoms with Crippen molar-refractivity contribution in [3.05, 3.63) is 37.0 Å². The van der Waals surface area contributed by atoms with Gasteiger partial charge in [-0.05, 0) is 18.2 Å². The normalized spacial score (nSPS) is 15.0. The van der Waals surface area contributed by atoms with Crippen molar-refractivity contribution in [2.45, 2.75) is 6.43 Å². The predicted molar refractivity (Wildman–Crippen MR) is 92.0 cm³/mol. The van der Waals surface area contributed by atoms with Gasteiger partial charge in [0.2, 0.25) is 5.88 Å². The molecule has 0 N–H and O–H groups in total. The summed E-state index contributed by atoms with van der Waals surface area (Å²) in [6.07, 6.45) is 1.96. The summed E-state index contributed by atoms with van der Waals surface area (Å²) in [5, 5.41) is 0.626. The second-order valence-corrected chi connectivity index (χ2v) is 5.87. The van der Waals surface area contributed by atoms with Gasteiger partial charge in [0, 0.05) is 31.9 Å². The number of nitrogens with zero attached hydrogens (tertiary/aromatic N) is 5. The van der Waals surface area contributed by atoms with Gasteiger partial charge in [0.1, 0.15) is 12.6 Å². The maximum absolute atomic E-state index is 12.4. The Morgan fingerprint density at radius 3 is 2.62 bits per heavy atom. The van der Waals surface area contributed by atoms with E-state index in [-0.39, 0.29) is 5.88 Å². The number of oxazole rings is 1. The minimum absolute atomic E-state index is 0.176. The molecule has 0 unspecified atom stereocenters. The highest BCUT2D eigenvalue weighted by Crippen LogP contribution is 2.28. The predicted octanol–water partition coefficient (Wildman–Crippen LogP) is 2.59. The third-order valence-electron chi connectivity index (χ3n) is 4.26. The number of halogens is 2. The topological polar surface area (TPSA) is 67.5 Å². The number of fused-ring (bicyclic) bond motifs is 1. The van der Waals surface area contributed by atoms with Crippen molar-refractivity contribution < 1.29 is 17.9 Å². The van der Waals surface area contributed by atoms with E-state index >= 15 is 0 Å².